The molecule has 0 fully saturated rings. The minimum absolute atomic E-state index is 0.218. The number of nitrogens with one attached hydrogen (secondary N) is 1. The van der Waals surface area contributed by atoms with Crippen LogP contribution in [-0.4, -0.2) is 27.8 Å². The van der Waals surface area contributed by atoms with Gasteiger partial charge in [0.1, 0.15) is 5.82 Å². The smallest absolute Gasteiger partial charge is 0.317 e. The summed E-state index contributed by atoms with van der Waals surface area (Å²) in [5, 5.41) is 7.17. The lowest BCUT2D eigenvalue weighted by atomic mass is 10.2. The second-order valence-corrected chi connectivity index (χ2v) is 6.18. The minimum atomic E-state index is -0.304. The van der Waals surface area contributed by atoms with E-state index in [1.807, 2.05) is 41.2 Å². The zero-order valence-corrected chi connectivity index (χ0v) is 14.6. The predicted molar refractivity (Wildman–Crippen MR) is 97.9 cm³/mol. The van der Waals surface area contributed by atoms with Crippen molar-refractivity contribution in [3.8, 4) is 0 Å². The summed E-state index contributed by atoms with van der Waals surface area (Å²) in [4.78, 5) is 13.7. The molecule has 1 heterocycles. The molecule has 0 unspecified atom stereocenters. The normalized spacial score (nSPS) is 10.5. The Hall–Kier alpha value is -3.15. The molecule has 0 radical (unpaired) electrons. The Balaban J connectivity index is 1.50. The lowest BCUT2D eigenvalue weighted by Crippen LogP contribution is -2.36. The van der Waals surface area contributed by atoms with Gasteiger partial charge in [0, 0.05) is 31.9 Å². The van der Waals surface area contributed by atoms with Crippen LogP contribution in [0.2, 0.25) is 0 Å². The fourth-order valence-corrected chi connectivity index (χ4v) is 2.65. The van der Waals surface area contributed by atoms with Gasteiger partial charge in [0.2, 0.25) is 0 Å². The second-order valence-electron chi connectivity index (χ2n) is 6.18. The molecule has 0 atom stereocenters. The van der Waals surface area contributed by atoms with Crippen LogP contribution in [0.15, 0.2) is 67.0 Å². The Morgan fingerprint density at radius 2 is 1.88 bits per heavy atom. The number of halogens is 1. The SMILES string of the molecule is CN(Cc1cccc(F)c1)C(=O)NCc1cnn(Cc2ccccc2)c1. The fraction of sp³-hybridized carbons (Fsp3) is 0.200. The van der Waals surface area contributed by atoms with Crippen LogP contribution in [0.3, 0.4) is 0 Å². The van der Waals surface area contributed by atoms with E-state index in [4.69, 9.17) is 0 Å². The van der Waals surface area contributed by atoms with E-state index >= 15 is 0 Å². The van der Waals surface area contributed by atoms with Crippen molar-refractivity contribution in [1.29, 1.82) is 0 Å². The van der Waals surface area contributed by atoms with Crippen LogP contribution in [0, 0.1) is 5.82 Å². The first-order chi connectivity index (χ1) is 12.6. The van der Waals surface area contributed by atoms with Gasteiger partial charge in [0.15, 0.2) is 0 Å². The molecule has 0 saturated heterocycles. The molecule has 0 aliphatic rings. The van der Waals surface area contributed by atoms with Gasteiger partial charge in [-0.2, -0.15) is 5.10 Å². The third-order valence-electron chi connectivity index (χ3n) is 3.97. The molecule has 6 heteroatoms. The highest BCUT2D eigenvalue weighted by molar-refractivity contribution is 5.73. The number of benzene rings is 2. The molecule has 2 amide bonds. The molecule has 5 nitrogen and oxygen atoms in total. The maximum atomic E-state index is 13.2. The van der Waals surface area contributed by atoms with E-state index in [9.17, 15) is 9.18 Å². The molecular formula is C20H21FN4O. The standard InChI is InChI=1S/C20H21FN4O/c1-24(13-17-8-5-9-19(21)10-17)20(26)22-11-18-12-23-25(15-18)14-16-6-3-2-4-7-16/h2-10,12,15H,11,13-14H2,1H3,(H,22,26). The molecule has 1 aromatic heterocycles. The van der Waals surface area contributed by atoms with E-state index < -0.39 is 0 Å². The summed E-state index contributed by atoms with van der Waals surface area (Å²) in [5.74, 6) is -0.304. The summed E-state index contributed by atoms with van der Waals surface area (Å²) < 4.78 is 15.1. The monoisotopic (exact) mass is 352 g/mol. The molecular weight excluding hydrogens is 331 g/mol. The highest BCUT2D eigenvalue weighted by Gasteiger charge is 2.10. The predicted octanol–water partition coefficient (Wildman–Crippen LogP) is 3.41. The van der Waals surface area contributed by atoms with Crippen LogP contribution >= 0.6 is 0 Å². The highest BCUT2D eigenvalue weighted by atomic mass is 19.1. The summed E-state index contributed by atoms with van der Waals surface area (Å²) in [6.45, 7) is 1.42. The van der Waals surface area contributed by atoms with Crippen molar-refractivity contribution in [1.82, 2.24) is 20.0 Å². The first-order valence-electron chi connectivity index (χ1n) is 8.39. The lowest BCUT2D eigenvalue weighted by Gasteiger charge is -2.17. The van der Waals surface area contributed by atoms with Crippen LogP contribution in [0.1, 0.15) is 16.7 Å². The number of rotatable bonds is 6. The van der Waals surface area contributed by atoms with Crippen LogP contribution in [0.4, 0.5) is 9.18 Å². The van der Waals surface area contributed by atoms with Gasteiger partial charge < -0.3 is 10.2 Å². The van der Waals surface area contributed by atoms with Gasteiger partial charge in [-0.3, -0.25) is 4.68 Å². The van der Waals surface area contributed by atoms with Gasteiger partial charge in [-0.1, -0.05) is 42.5 Å². The molecule has 0 bridgehead atoms. The maximum absolute atomic E-state index is 13.2. The third-order valence-corrected chi connectivity index (χ3v) is 3.97. The zero-order chi connectivity index (χ0) is 18.4. The number of urea groups is 1. The van der Waals surface area contributed by atoms with E-state index in [1.165, 1.54) is 22.6 Å². The van der Waals surface area contributed by atoms with Crippen molar-refractivity contribution in [3.05, 3.63) is 89.5 Å². The van der Waals surface area contributed by atoms with E-state index in [0.717, 1.165) is 11.1 Å². The van der Waals surface area contributed by atoms with Crippen LogP contribution < -0.4 is 5.32 Å². The molecule has 3 aromatic rings. The third kappa shape index (κ3) is 4.92. The summed E-state index contributed by atoms with van der Waals surface area (Å²) in [6.07, 6.45) is 3.66. The first-order valence-corrected chi connectivity index (χ1v) is 8.39. The lowest BCUT2D eigenvalue weighted by molar-refractivity contribution is 0.206. The van der Waals surface area contributed by atoms with E-state index in [2.05, 4.69) is 10.4 Å². The molecule has 0 aliphatic heterocycles. The summed E-state index contributed by atoms with van der Waals surface area (Å²) >= 11 is 0. The second kappa shape index (κ2) is 8.29. The van der Waals surface area contributed by atoms with Crippen molar-refractivity contribution in [2.75, 3.05) is 7.05 Å². The van der Waals surface area contributed by atoms with E-state index in [1.54, 1.807) is 25.4 Å². The summed E-state index contributed by atoms with van der Waals surface area (Å²) in [6, 6.07) is 16.1. The summed E-state index contributed by atoms with van der Waals surface area (Å²) in [7, 11) is 1.68. The Morgan fingerprint density at radius 1 is 1.12 bits per heavy atom. The van der Waals surface area contributed by atoms with Gasteiger partial charge in [-0.15, -0.1) is 0 Å². The van der Waals surface area contributed by atoms with Crippen molar-refractivity contribution in [2.24, 2.45) is 0 Å². The Kier molecular flexibility index (Phi) is 5.63. The van der Waals surface area contributed by atoms with Crippen LogP contribution in [-0.2, 0) is 19.6 Å². The van der Waals surface area contributed by atoms with Gasteiger partial charge in [0.25, 0.3) is 0 Å². The Morgan fingerprint density at radius 3 is 2.65 bits per heavy atom. The molecule has 2 aromatic carbocycles. The number of hydrogen-bond donors (Lipinski definition) is 1. The quantitative estimate of drug-likeness (QED) is 0.739. The molecule has 0 spiro atoms. The molecule has 26 heavy (non-hydrogen) atoms. The highest BCUT2D eigenvalue weighted by Crippen LogP contribution is 2.07. The van der Waals surface area contributed by atoms with Crippen molar-refractivity contribution >= 4 is 6.03 Å². The van der Waals surface area contributed by atoms with Crippen LogP contribution in [0.5, 0.6) is 0 Å². The zero-order valence-electron chi connectivity index (χ0n) is 14.6. The van der Waals surface area contributed by atoms with Crippen LogP contribution in [0.25, 0.3) is 0 Å². The number of carbonyl (C=O) groups excluding carboxylic acids is 1. The first kappa shape index (κ1) is 17.7. The molecule has 0 saturated carbocycles. The number of aromatic nitrogens is 2. The average molecular weight is 352 g/mol. The van der Waals surface area contributed by atoms with Gasteiger partial charge in [-0.05, 0) is 23.3 Å². The average Bonchev–Trinajstić information content (AvgIpc) is 3.08. The minimum Gasteiger partial charge on any atom is -0.334 e. The van der Waals surface area contributed by atoms with E-state index in [0.29, 0.717) is 19.6 Å². The molecule has 1 N–H and O–H groups in total. The Bertz CT molecular complexity index is 863. The summed E-state index contributed by atoms with van der Waals surface area (Å²) in [5.41, 5.74) is 2.84. The van der Waals surface area contributed by atoms with Gasteiger partial charge in [-0.25, -0.2) is 9.18 Å². The number of hydrogen-bond acceptors (Lipinski definition) is 2. The topological polar surface area (TPSA) is 50.2 Å². The Labute approximate surface area is 152 Å². The van der Waals surface area contributed by atoms with Crippen molar-refractivity contribution < 1.29 is 9.18 Å². The van der Waals surface area contributed by atoms with Gasteiger partial charge in [0.05, 0.1) is 12.7 Å². The number of amides is 2. The van der Waals surface area contributed by atoms with Gasteiger partial charge >= 0.3 is 6.03 Å². The largest absolute Gasteiger partial charge is 0.334 e. The molecule has 0 aliphatic carbocycles. The van der Waals surface area contributed by atoms with Crippen molar-refractivity contribution in [2.45, 2.75) is 19.6 Å². The number of carbonyl (C=O) groups is 1. The fourth-order valence-electron chi connectivity index (χ4n) is 2.65. The molecule has 3 rings (SSSR count). The number of nitrogens with zero attached hydrogens (tertiary/aromatic N) is 3. The maximum Gasteiger partial charge on any atom is 0.317 e. The van der Waals surface area contributed by atoms with E-state index in [-0.39, 0.29) is 11.8 Å². The molecule has 134 valence electrons. The van der Waals surface area contributed by atoms with Crippen molar-refractivity contribution in [3.63, 3.8) is 0 Å².